The number of hydrogen-bond acceptors (Lipinski definition) is 8. The highest BCUT2D eigenvalue weighted by Gasteiger charge is 2.41. The number of benzene rings is 3. The van der Waals surface area contributed by atoms with Crippen molar-refractivity contribution in [2.45, 2.75) is 49.2 Å². The highest BCUT2D eigenvalue weighted by atomic mass is 32.2. The van der Waals surface area contributed by atoms with Gasteiger partial charge in [-0.1, -0.05) is 74.5 Å². The minimum Gasteiger partial charge on any atom is -0.453 e. The standard InChI is InChI=1S/C35H48N6O5S/c1-25(2)19-21-41(47(44,45)29-17-15-28(36)16-18-29)31-24-37-23-30(31)40(3)22-20-38-34(42)33(39-35(43)46-4)32(26-11-7-5-8-12-26)27-13-9-6-10-14-27/h5-18,25,30-33,37H,19-24,36H2,1-4H3,(H,38,42)(H,39,43)/t30-,31-,33+/m1/s1. The van der Waals surface area contributed by atoms with Gasteiger partial charge in [-0.2, -0.15) is 4.31 Å². The Bertz CT molecular complexity index is 1500. The monoisotopic (exact) mass is 664 g/mol. The normalized spacial score (nSPS) is 17.3. The van der Waals surface area contributed by atoms with E-state index in [1.54, 1.807) is 28.6 Å². The Labute approximate surface area is 278 Å². The molecule has 12 heteroatoms. The van der Waals surface area contributed by atoms with Gasteiger partial charge in [-0.15, -0.1) is 0 Å². The van der Waals surface area contributed by atoms with Crippen molar-refractivity contribution >= 4 is 27.7 Å². The minimum atomic E-state index is -3.80. The lowest BCUT2D eigenvalue weighted by atomic mass is 9.84. The van der Waals surface area contributed by atoms with E-state index < -0.39 is 28.1 Å². The van der Waals surface area contributed by atoms with Crippen LogP contribution in [0.5, 0.6) is 0 Å². The fourth-order valence-corrected chi connectivity index (χ4v) is 7.70. The molecule has 1 aliphatic rings. The molecule has 0 spiro atoms. The van der Waals surface area contributed by atoms with Crippen molar-refractivity contribution in [3.05, 3.63) is 96.1 Å². The van der Waals surface area contributed by atoms with Gasteiger partial charge in [0, 0.05) is 50.4 Å². The van der Waals surface area contributed by atoms with E-state index >= 15 is 0 Å². The Balaban J connectivity index is 1.50. The summed E-state index contributed by atoms with van der Waals surface area (Å²) in [5.74, 6) is -0.500. The van der Waals surface area contributed by atoms with Crippen LogP contribution in [0.15, 0.2) is 89.8 Å². The fraction of sp³-hybridized carbons (Fsp3) is 0.429. The van der Waals surface area contributed by atoms with Crippen molar-refractivity contribution in [1.29, 1.82) is 0 Å². The number of carbonyl (C=O) groups excluding carboxylic acids is 2. The van der Waals surface area contributed by atoms with Crippen LogP contribution < -0.4 is 21.7 Å². The average Bonchev–Trinajstić information content (AvgIpc) is 3.55. The number of rotatable bonds is 15. The molecular weight excluding hydrogens is 616 g/mol. The molecule has 0 radical (unpaired) electrons. The van der Waals surface area contributed by atoms with Gasteiger partial charge in [0.15, 0.2) is 0 Å². The number of amides is 2. The van der Waals surface area contributed by atoms with Crippen molar-refractivity contribution in [3.63, 3.8) is 0 Å². The highest BCUT2D eigenvalue weighted by Crippen LogP contribution is 2.29. The number of methoxy groups -OCH3 is 1. The summed E-state index contributed by atoms with van der Waals surface area (Å²) in [7, 11) is -0.590. The van der Waals surface area contributed by atoms with E-state index in [9.17, 15) is 18.0 Å². The topological polar surface area (TPSA) is 146 Å². The molecule has 1 aliphatic heterocycles. The van der Waals surface area contributed by atoms with Crippen molar-refractivity contribution in [3.8, 4) is 0 Å². The molecule has 5 N–H and O–H groups in total. The van der Waals surface area contributed by atoms with Gasteiger partial charge in [0.25, 0.3) is 0 Å². The summed E-state index contributed by atoms with van der Waals surface area (Å²) < 4.78 is 34.4. The number of sulfonamides is 1. The third kappa shape index (κ3) is 9.32. The molecule has 2 amide bonds. The second kappa shape index (κ2) is 16.7. The number of nitrogen functional groups attached to an aromatic ring is 1. The van der Waals surface area contributed by atoms with Gasteiger partial charge in [0.05, 0.1) is 18.0 Å². The lowest BCUT2D eigenvalue weighted by molar-refractivity contribution is -0.123. The lowest BCUT2D eigenvalue weighted by Crippen LogP contribution is -2.54. The van der Waals surface area contributed by atoms with Gasteiger partial charge in [0.2, 0.25) is 15.9 Å². The molecule has 0 saturated carbocycles. The summed E-state index contributed by atoms with van der Waals surface area (Å²) >= 11 is 0. The van der Waals surface area contributed by atoms with Crippen LogP contribution >= 0.6 is 0 Å². The zero-order valence-electron chi connectivity index (χ0n) is 27.6. The number of likely N-dealkylation sites (N-methyl/N-ethyl adjacent to an activating group) is 1. The molecule has 254 valence electrons. The van der Waals surface area contributed by atoms with Crippen LogP contribution in [0.2, 0.25) is 0 Å². The molecular formula is C35H48N6O5S. The van der Waals surface area contributed by atoms with E-state index in [1.165, 1.54) is 7.11 Å². The molecule has 3 aromatic carbocycles. The first-order chi connectivity index (χ1) is 22.5. The maximum atomic E-state index is 13.9. The van der Waals surface area contributed by atoms with Crippen LogP contribution in [-0.4, -0.2) is 94.6 Å². The van der Waals surface area contributed by atoms with E-state index in [-0.39, 0.29) is 29.4 Å². The van der Waals surface area contributed by atoms with Crippen LogP contribution in [0.3, 0.4) is 0 Å². The summed E-state index contributed by atoms with van der Waals surface area (Å²) in [4.78, 5) is 28.6. The van der Waals surface area contributed by atoms with Crippen molar-refractivity contribution in [2.75, 3.05) is 52.6 Å². The molecule has 0 unspecified atom stereocenters. The second-order valence-corrected chi connectivity index (χ2v) is 14.2. The quantitative estimate of drug-likeness (QED) is 0.181. The molecule has 0 aromatic heterocycles. The van der Waals surface area contributed by atoms with E-state index in [0.29, 0.717) is 37.8 Å². The predicted octanol–water partition coefficient (Wildman–Crippen LogP) is 3.25. The summed E-state index contributed by atoms with van der Waals surface area (Å²) in [5, 5.41) is 9.16. The van der Waals surface area contributed by atoms with Crippen molar-refractivity contribution < 1.29 is 22.7 Å². The van der Waals surface area contributed by atoms with Crippen molar-refractivity contribution in [2.24, 2.45) is 5.92 Å². The number of ether oxygens (including phenoxy) is 1. The lowest BCUT2D eigenvalue weighted by Gasteiger charge is -2.36. The van der Waals surface area contributed by atoms with Crippen LogP contribution in [-0.2, 0) is 19.6 Å². The minimum absolute atomic E-state index is 0.131. The second-order valence-electron chi connectivity index (χ2n) is 12.3. The molecule has 11 nitrogen and oxygen atoms in total. The SMILES string of the molecule is COC(=O)N[C@H](C(=O)NCCN(C)[C@@H]1CNC[C@H]1N(CCC(C)C)S(=O)(=O)c1ccc(N)cc1)C(c1ccccc1)c1ccccc1. The number of nitrogens with one attached hydrogen (secondary N) is 3. The van der Waals surface area contributed by atoms with E-state index in [4.69, 9.17) is 10.5 Å². The van der Waals surface area contributed by atoms with Crippen molar-refractivity contribution in [1.82, 2.24) is 25.2 Å². The molecule has 1 fully saturated rings. The Hall–Kier alpha value is -3.97. The van der Waals surface area contributed by atoms with Gasteiger partial charge in [-0.05, 0) is 54.8 Å². The third-order valence-electron chi connectivity index (χ3n) is 8.66. The number of carbonyl (C=O) groups is 2. The molecule has 4 rings (SSSR count). The number of hydrogen-bond donors (Lipinski definition) is 4. The fourth-order valence-electron chi connectivity index (χ4n) is 6.03. The molecule has 47 heavy (non-hydrogen) atoms. The van der Waals surface area contributed by atoms with E-state index in [0.717, 1.165) is 17.5 Å². The smallest absolute Gasteiger partial charge is 0.407 e. The van der Waals surface area contributed by atoms with Crippen LogP contribution in [0.4, 0.5) is 10.5 Å². The van der Waals surface area contributed by atoms with Gasteiger partial charge in [-0.25, -0.2) is 13.2 Å². The summed E-state index contributed by atoms with van der Waals surface area (Å²) in [6.45, 7) is 6.39. The van der Waals surface area contributed by atoms with E-state index in [1.807, 2.05) is 67.7 Å². The highest BCUT2D eigenvalue weighted by molar-refractivity contribution is 7.89. The molecule has 3 aromatic rings. The largest absolute Gasteiger partial charge is 0.453 e. The van der Waals surface area contributed by atoms with Gasteiger partial charge < -0.3 is 26.4 Å². The summed E-state index contributed by atoms with van der Waals surface area (Å²) in [5.41, 5.74) is 8.08. The molecule has 3 atom stereocenters. The Morgan fingerprint density at radius 2 is 1.49 bits per heavy atom. The molecule has 1 heterocycles. The molecule has 1 saturated heterocycles. The zero-order chi connectivity index (χ0) is 34.0. The Kier molecular flexibility index (Phi) is 12.8. The van der Waals surface area contributed by atoms with Gasteiger partial charge in [0.1, 0.15) is 6.04 Å². The molecule has 0 aliphatic carbocycles. The maximum Gasteiger partial charge on any atom is 0.407 e. The van der Waals surface area contributed by atoms with E-state index in [2.05, 4.69) is 34.7 Å². The predicted molar refractivity (Wildman–Crippen MR) is 184 cm³/mol. The van der Waals surface area contributed by atoms with Crippen LogP contribution in [0.25, 0.3) is 0 Å². The maximum absolute atomic E-state index is 13.9. The number of nitrogens with zero attached hydrogens (tertiary/aromatic N) is 2. The summed E-state index contributed by atoms with van der Waals surface area (Å²) in [6, 6.07) is 24.1. The first kappa shape index (κ1) is 35.9. The Morgan fingerprint density at radius 3 is 2.04 bits per heavy atom. The average molecular weight is 665 g/mol. The number of alkyl carbamates (subject to hydrolysis) is 1. The summed E-state index contributed by atoms with van der Waals surface area (Å²) in [6.07, 6.45) is 0.0123. The van der Waals surface area contributed by atoms with Crippen LogP contribution in [0.1, 0.15) is 37.3 Å². The number of anilines is 1. The van der Waals surface area contributed by atoms with Gasteiger partial charge in [-0.3, -0.25) is 9.69 Å². The first-order valence-corrected chi connectivity index (χ1v) is 17.5. The number of nitrogens with two attached hydrogens (primary N) is 1. The third-order valence-corrected chi connectivity index (χ3v) is 10.6. The first-order valence-electron chi connectivity index (χ1n) is 16.0. The zero-order valence-corrected chi connectivity index (χ0v) is 28.5. The van der Waals surface area contributed by atoms with Crippen LogP contribution in [0, 0.1) is 5.92 Å². The van der Waals surface area contributed by atoms with Gasteiger partial charge >= 0.3 is 6.09 Å². The Morgan fingerprint density at radius 1 is 0.915 bits per heavy atom. The molecule has 0 bridgehead atoms.